The molecule has 2 atom stereocenters. The third-order valence-electron chi connectivity index (χ3n) is 10.1. The molecule has 8 fully saturated rings. The molecule has 8 aliphatic carbocycles. The van der Waals surface area contributed by atoms with E-state index in [1.54, 1.807) is 77.0 Å². The summed E-state index contributed by atoms with van der Waals surface area (Å²) in [7, 11) is 0. The van der Waals surface area contributed by atoms with Crippen molar-refractivity contribution in [1.82, 2.24) is 0 Å². The molecule has 8 saturated carbocycles. The van der Waals surface area contributed by atoms with Crippen LogP contribution in [0.2, 0.25) is 0 Å². The van der Waals surface area contributed by atoms with Gasteiger partial charge in [-0.25, -0.2) is 0 Å². The fraction of sp³-hybridized carbons (Fsp3) is 1.00. The highest BCUT2D eigenvalue weighted by molar-refractivity contribution is 5.17. The molecule has 8 rings (SSSR count). The van der Waals surface area contributed by atoms with Crippen LogP contribution in [0.25, 0.3) is 0 Å². The Morgan fingerprint density at radius 1 is 0.591 bits per heavy atom. The minimum absolute atomic E-state index is 0.799. The zero-order chi connectivity index (χ0) is 14.6. The summed E-state index contributed by atoms with van der Waals surface area (Å²) in [5.74, 6) is 5.72. The maximum atomic E-state index is 2.53. The molecule has 0 aliphatic heterocycles. The fourth-order valence-electron chi connectivity index (χ4n) is 10.2. The normalized spacial score (nSPS) is 64.5. The Balaban J connectivity index is 1.44. The summed E-state index contributed by atoms with van der Waals surface area (Å²) in [6.07, 6.45) is 21.2. The molecule has 0 aromatic heterocycles. The van der Waals surface area contributed by atoms with E-state index in [9.17, 15) is 0 Å². The first kappa shape index (κ1) is 13.3. The van der Waals surface area contributed by atoms with Crippen LogP contribution < -0.4 is 0 Å². The van der Waals surface area contributed by atoms with Crippen molar-refractivity contribution in [1.29, 1.82) is 0 Å². The first-order valence-corrected chi connectivity index (χ1v) is 10.6. The lowest BCUT2D eigenvalue weighted by atomic mass is 9.33. The van der Waals surface area contributed by atoms with Crippen LogP contribution in [0.15, 0.2) is 0 Å². The van der Waals surface area contributed by atoms with Crippen LogP contribution >= 0.6 is 0 Å². The average Bonchev–Trinajstić information content (AvgIpc) is 2.44. The lowest BCUT2D eigenvalue weighted by Gasteiger charge is -2.72. The Hall–Kier alpha value is 0. The van der Waals surface area contributed by atoms with Gasteiger partial charge in [-0.3, -0.25) is 0 Å². The van der Waals surface area contributed by atoms with Crippen LogP contribution in [-0.2, 0) is 0 Å². The number of rotatable bonds is 2. The van der Waals surface area contributed by atoms with Crippen molar-refractivity contribution in [3.8, 4) is 0 Å². The molecule has 0 radical (unpaired) electrons. The van der Waals surface area contributed by atoms with Crippen LogP contribution in [0, 0.1) is 45.8 Å². The Bertz CT molecular complexity index is 451. The van der Waals surface area contributed by atoms with Crippen molar-refractivity contribution in [2.24, 2.45) is 45.8 Å². The zero-order valence-electron chi connectivity index (χ0n) is 14.6. The third-order valence-corrected chi connectivity index (χ3v) is 10.1. The number of hydrogen-bond donors (Lipinski definition) is 0. The molecule has 0 amide bonds. The smallest absolute Gasteiger partial charge is 0.0230 e. The monoisotopic (exact) mass is 298 g/mol. The van der Waals surface area contributed by atoms with Crippen LogP contribution in [0.1, 0.15) is 90.4 Å². The Labute approximate surface area is 136 Å². The van der Waals surface area contributed by atoms with E-state index >= 15 is 0 Å². The molecule has 2 unspecified atom stereocenters. The van der Waals surface area contributed by atoms with E-state index in [-0.39, 0.29) is 0 Å². The summed E-state index contributed by atoms with van der Waals surface area (Å²) in [4.78, 5) is 0. The molecule has 0 spiro atoms. The predicted molar refractivity (Wildman–Crippen MR) is 90.4 cm³/mol. The lowest BCUT2D eigenvalue weighted by molar-refractivity contribution is -0.221. The molecule has 22 heavy (non-hydrogen) atoms. The van der Waals surface area contributed by atoms with Gasteiger partial charge in [-0.15, -0.1) is 0 Å². The van der Waals surface area contributed by atoms with Gasteiger partial charge in [0.1, 0.15) is 0 Å². The molecule has 0 aromatic carbocycles. The summed E-state index contributed by atoms with van der Waals surface area (Å²) in [5.41, 5.74) is 2.45. The largest absolute Gasteiger partial charge is 0.0649 e. The maximum Gasteiger partial charge on any atom is -0.0230 e. The van der Waals surface area contributed by atoms with Crippen LogP contribution in [0.3, 0.4) is 0 Å². The topological polar surface area (TPSA) is 0 Å². The van der Waals surface area contributed by atoms with E-state index in [2.05, 4.69) is 6.92 Å². The molecule has 0 nitrogen and oxygen atoms in total. The average molecular weight is 299 g/mol. The van der Waals surface area contributed by atoms with E-state index in [0.29, 0.717) is 0 Å². The maximum absolute atomic E-state index is 2.53. The molecule has 8 bridgehead atoms. The third kappa shape index (κ3) is 1.52. The van der Waals surface area contributed by atoms with Gasteiger partial charge < -0.3 is 0 Å². The van der Waals surface area contributed by atoms with Crippen molar-refractivity contribution >= 4 is 0 Å². The summed E-state index contributed by atoms with van der Waals surface area (Å²) in [6, 6.07) is 0. The minimum atomic E-state index is 0.799. The van der Waals surface area contributed by atoms with Gasteiger partial charge in [0, 0.05) is 0 Å². The number of hydrogen-bond acceptors (Lipinski definition) is 0. The first-order chi connectivity index (χ1) is 10.6. The van der Waals surface area contributed by atoms with E-state index in [4.69, 9.17) is 0 Å². The first-order valence-electron chi connectivity index (χ1n) is 10.6. The van der Waals surface area contributed by atoms with Gasteiger partial charge in [-0.2, -0.15) is 0 Å². The molecule has 8 aliphatic rings. The highest BCUT2D eigenvalue weighted by Crippen LogP contribution is 2.77. The second-order valence-corrected chi connectivity index (χ2v) is 11.3. The Kier molecular flexibility index (Phi) is 2.40. The quantitative estimate of drug-likeness (QED) is 0.569. The molecule has 122 valence electrons. The van der Waals surface area contributed by atoms with Gasteiger partial charge in [0.05, 0.1) is 0 Å². The van der Waals surface area contributed by atoms with Crippen molar-refractivity contribution in [3.63, 3.8) is 0 Å². The Morgan fingerprint density at radius 2 is 1.05 bits per heavy atom. The zero-order valence-corrected chi connectivity index (χ0v) is 14.6. The molecule has 0 aromatic rings. The van der Waals surface area contributed by atoms with E-state index in [1.807, 2.05) is 0 Å². The molecular formula is C22H34. The van der Waals surface area contributed by atoms with Gasteiger partial charge in [-0.1, -0.05) is 13.3 Å². The van der Waals surface area contributed by atoms with Crippen molar-refractivity contribution in [2.75, 3.05) is 0 Å². The SMILES string of the molecule is CCC12CC3CC(C1)CC(C14CC5CC(CC(C5)C1)C4)(C3)C2. The van der Waals surface area contributed by atoms with Gasteiger partial charge >= 0.3 is 0 Å². The molecular weight excluding hydrogens is 264 g/mol. The molecule has 0 saturated heterocycles. The van der Waals surface area contributed by atoms with Gasteiger partial charge in [0.15, 0.2) is 0 Å². The van der Waals surface area contributed by atoms with E-state index < -0.39 is 0 Å². The predicted octanol–water partition coefficient (Wildman–Crippen LogP) is 6.20. The highest BCUT2D eigenvalue weighted by Gasteiger charge is 2.67. The van der Waals surface area contributed by atoms with E-state index in [0.717, 1.165) is 45.8 Å². The van der Waals surface area contributed by atoms with Crippen LogP contribution in [0.5, 0.6) is 0 Å². The highest BCUT2D eigenvalue weighted by atomic mass is 14.7. The summed E-state index contributed by atoms with van der Waals surface area (Å²) in [5, 5.41) is 0. The van der Waals surface area contributed by atoms with Crippen LogP contribution in [-0.4, -0.2) is 0 Å². The molecule has 0 heterocycles. The second kappa shape index (κ2) is 3.97. The van der Waals surface area contributed by atoms with Gasteiger partial charge in [0.25, 0.3) is 0 Å². The fourth-order valence-corrected chi connectivity index (χ4v) is 10.2. The summed E-state index contributed by atoms with van der Waals surface area (Å²) >= 11 is 0. The molecule has 0 N–H and O–H groups in total. The van der Waals surface area contributed by atoms with Gasteiger partial charge in [-0.05, 0) is 123 Å². The van der Waals surface area contributed by atoms with Gasteiger partial charge in [0.2, 0.25) is 0 Å². The Morgan fingerprint density at radius 3 is 1.55 bits per heavy atom. The van der Waals surface area contributed by atoms with E-state index in [1.165, 1.54) is 6.42 Å². The van der Waals surface area contributed by atoms with Crippen molar-refractivity contribution in [3.05, 3.63) is 0 Å². The summed E-state index contributed by atoms with van der Waals surface area (Å²) < 4.78 is 0. The van der Waals surface area contributed by atoms with Crippen molar-refractivity contribution in [2.45, 2.75) is 90.4 Å². The van der Waals surface area contributed by atoms with Crippen molar-refractivity contribution < 1.29 is 0 Å². The van der Waals surface area contributed by atoms with Crippen LogP contribution in [0.4, 0.5) is 0 Å². The molecule has 0 heteroatoms. The second-order valence-electron chi connectivity index (χ2n) is 11.3. The standard InChI is InChI=1S/C22H34/c1-2-20-7-18-6-19(8-20)13-22(12-18,14-20)21-9-15-3-16(10-21)5-17(4-15)11-21/h15-19H,2-14H2,1H3. The lowest BCUT2D eigenvalue weighted by Crippen LogP contribution is -2.62. The summed E-state index contributed by atoms with van der Waals surface area (Å²) in [6.45, 7) is 2.53. The minimum Gasteiger partial charge on any atom is -0.0649 e.